The summed E-state index contributed by atoms with van der Waals surface area (Å²) in [5.74, 6) is -0.0787. The number of hydrogen-bond acceptors (Lipinski definition) is 2. The zero-order valence-electron chi connectivity index (χ0n) is 14.7. The minimum absolute atomic E-state index is 0.0577. The number of amides is 2. The van der Waals surface area contributed by atoms with Crippen LogP contribution in [-0.2, 0) is 22.2 Å². The highest BCUT2D eigenvalue weighted by Crippen LogP contribution is 2.29. The predicted molar refractivity (Wildman–Crippen MR) is 87.8 cm³/mol. The molecule has 1 saturated heterocycles. The van der Waals surface area contributed by atoms with Gasteiger partial charge in [0.2, 0.25) is 11.8 Å². The van der Waals surface area contributed by atoms with Crippen LogP contribution in [0, 0.1) is 5.41 Å². The van der Waals surface area contributed by atoms with Gasteiger partial charge in [-0.1, -0.05) is 32.9 Å². The monoisotopic (exact) mass is 356 g/mol. The number of rotatable bonds is 2. The smallest absolute Gasteiger partial charge is 0.339 e. The number of piperazine rings is 1. The van der Waals surface area contributed by atoms with E-state index in [0.29, 0.717) is 31.7 Å². The van der Waals surface area contributed by atoms with Crippen molar-refractivity contribution in [1.29, 1.82) is 0 Å². The summed E-state index contributed by atoms with van der Waals surface area (Å²) in [4.78, 5) is 28.0. The van der Waals surface area contributed by atoms with E-state index >= 15 is 0 Å². The van der Waals surface area contributed by atoms with E-state index in [1.165, 1.54) is 12.1 Å². The number of carbonyl (C=O) groups excluding carboxylic acids is 2. The van der Waals surface area contributed by atoms with Crippen molar-refractivity contribution in [3.8, 4) is 0 Å². The molecule has 2 amide bonds. The standard InChI is InChI=1S/C18H23F3N2O2/c1-17(2,3)16(25)23-10-8-22(9-11-23)15(24)12-13-4-6-14(7-5-13)18(19,20)21/h4-7H,8-12H2,1-3H3. The van der Waals surface area contributed by atoms with E-state index in [1.807, 2.05) is 20.8 Å². The average Bonchev–Trinajstić information content (AvgIpc) is 2.53. The summed E-state index contributed by atoms with van der Waals surface area (Å²) in [6.07, 6.45) is -4.32. The molecule has 1 aliphatic rings. The summed E-state index contributed by atoms with van der Waals surface area (Å²) in [7, 11) is 0. The van der Waals surface area contributed by atoms with Crippen molar-refractivity contribution in [1.82, 2.24) is 9.80 Å². The van der Waals surface area contributed by atoms with E-state index in [-0.39, 0.29) is 18.2 Å². The van der Waals surface area contributed by atoms with Gasteiger partial charge < -0.3 is 9.80 Å². The lowest BCUT2D eigenvalue weighted by Crippen LogP contribution is -2.53. The summed E-state index contributed by atoms with van der Waals surface area (Å²) < 4.78 is 37.7. The van der Waals surface area contributed by atoms with Crippen molar-refractivity contribution in [3.63, 3.8) is 0 Å². The third-order valence-electron chi connectivity index (χ3n) is 4.20. The first-order chi connectivity index (χ1) is 11.5. The van der Waals surface area contributed by atoms with Crippen LogP contribution in [0.25, 0.3) is 0 Å². The molecule has 1 aliphatic heterocycles. The molecule has 0 atom stereocenters. The van der Waals surface area contributed by atoms with Crippen LogP contribution in [0.5, 0.6) is 0 Å². The molecule has 0 unspecified atom stereocenters. The van der Waals surface area contributed by atoms with E-state index in [1.54, 1.807) is 9.80 Å². The molecule has 2 rings (SSSR count). The molecule has 0 radical (unpaired) electrons. The number of benzene rings is 1. The van der Waals surface area contributed by atoms with Crippen molar-refractivity contribution in [2.45, 2.75) is 33.4 Å². The quantitative estimate of drug-likeness (QED) is 0.817. The molecule has 0 N–H and O–H groups in total. The van der Waals surface area contributed by atoms with Crippen LogP contribution in [0.15, 0.2) is 24.3 Å². The first kappa shape index (κ1) is 19.3. The molecule has 1 aromatic carbocycles. The maximum atomic E-state index is 12.6. The third kappa shape index (κ3) is 4.96. The van der Waals surface area contributed by atoms with E-state index < -0.39 is 17.2 Å². The second-order valence-electron chi connectivity index (χ2n) is 7.29. The topological polar surface area (TPSA) is 40.6 Å². The molecule has 1 fully saturated rings. The van der Waals surface area contributed by atoms with Crippen molar-refractivity contribution in [3.05, 3.63) is 35.4 Å². The van der Waals surface area contributed by atoms with Gasteiger partial charge in [0, 0.05) is 31.6 Å². The largest absolute Gasteiger partial charge is 0.416 e. The summed E-state index contributed by atoms with van der Waals surface area (Å²) >= 11 is 0. The fourth-order valence-electron chi connectivity index (χ4n) is 2.73. The van der Waals surface area contributed by atoms with Crippen molar-refractivity contribution in [2.24, 2.45) is 5.41 Å². The van der Waals surface area contributed by atoms with Gasteiger partial charge in [-0.05, 0) is 17.7 Å². The fraction of sp³-hybridized carbons (Fsp3) is 0.556. The molecule has 1 aromatic rings. The summed E-state index contributed by atoms with van der Waals surface area (Å²) in [6.45, 7) is 7.43. The Labute approximate surface area is 145 Å². The molecule has 7 heteroatoms. The number of carbonyl (C=O) groups is 2. The van der Waals surface area contributed by atoms with Gasteiger partial charge in [0.25, 0.3) is 0 Å². The SMILES string of the molecule is CC(C)(C)C(=O)N1CCN(C(=O)Cc2ccc(C(F)(F)F)cc2)CC1. The maximum Gasteiger partial charge on any atom is 0.416 e. The molecular weight excluding hydrogens is 333 g/mol. The molecule has 25 heavy (non-hydrogen) atoms. The highest BCUT2D eigenvalue weighted by molar-refractivity contribution is 5.82. The maximum absolute atomic E-state index is 12.6. The van der Waals surface area contributed by atoms with Crippen LogP contribution in [-0.4, -0.2) is 47.8 Å². The molecular formula is C18H23F3N2O2. The predicted octanol–water partition coefficient (Wildman–Crippen LogP) is 2.96. The Hall–Kier alpha value is -2.05. The van der Waals surface area contributed by atoms with Gasteiger partial charge in [-0.25, -0.2) is 0 Å². The Balaban J connectivity index is 1.90. The molecule has 0 bridgehead atoms. The van der Waals surface area contributed by atoms with Gasteiger partial charge in [-0.2, -0.15) is 13.2 Å². The molecule has 0 spiro atoms. The fourth-order valence-corrected chi connectivity index (χ4v) is 2.73. The number of nitrogens with zero attached hydrogens (tertiary/aromatic N) is 2. The Morgan fingerprint density at radius 1 is 0.920 bits per heavy atom. The second-order valence-corrected chi connectivity index (χ2v) is 7.29. The van der Waals surface area contributed by atoms with Crippen LogP contribution in [0.4, 0.5) is 13.2 Å². The minimum atomic E-state index is -4.38. The van der Waals surface area contributed by atoms with Crippen LogP contribution >= 0.6 is 0 Å². The van der Waals surface area contributed by atoms with Crippen molar-refractivity contribution >= 4 is 11.8 Å². The molecule has 138 valence electrons. The van der Waals surface area contributed by atoms with E-state index in [2.05, 4.69) is 0 Å². The number of alkyl halides is 3. The Kier molecular flexibility index (Phi) is 5.44. The lowest BCUT2D eigenvalue weighted by atomic mass is 9.94. The first-order valence-electron chi connectivity index (χ1n) is 8.22. The van der Waals surface area contributed by atoms with E-state index in [9.17, 15) is 22.8 Å². The molecule has 0 aromatic heterocycles. The lowest BCUT2D eigenvalue weighted by molar-refractivity contribution is -0.144. The zero-order valence-corrected chi connectivity index (χ0v) is 14.7. The summed E-state index contributed by atoms with van der Waals surface area (Å²) in [6, 6.07) is 4.64. The number of hydrogen-bond donors (Lipinski definition) is 0. The second kappa shape index (κ2) is 7.06. The Morgan fingerprint density at radius 3 is 1.84 bits per heavy atom. The van der Waals surface area contributed by atoms with Crippen LogP contribution in [0.3, 0.4) is 0 Å². The minimum Gasteiger partial charge on any atom is -0.339 e. The first-order valence-corrected chi connectivity index (χ1v) is 8.22. The molecule has 1 heterocycles. The van der Waals surface area contributed by atoms with Crippen LogP contribution in [0.2, 0.25) is 0 Å². The highest BCUT2D eigenvalue weighted by Gasteiger charge is 2.31. The summed E-state index contributed by atoms with van der Waals surface area (Å²) in [5.41, 5.74) is -0.629. The van der Waals surface area contributed by atoms with E-state index in [0.717, 1.165) is 12.1 Å². The number of halogens is 3. The Morgan fingerprint density at radius 2 is 1.40 bits per heavy atom. The third-order valence-corrected chi connectivity index (χ3v) is 4.20. The van der Waals surface area contributed by atoms with E-state index in [4.69, 9.17) is 0 Å². The molecule has 0 saturated carbocycles. The van der Waals surface area contributed by atoms with Gasteiger partial charge in [0.1, 0.15) is 0 Å². The van der Waals surface area contributed by atoms with Crippen molar-refractivity contribution < 1.29 is 22.8 Å². The normalized spacial score (nSPS) is 16.1. The van der Waals surface area contributed by atoms with Gasteiger partial charge >= 0.3 is 6.18 Å². The van der Waals surface area contributed by atoms with Crippen LogP contribution < -0.4 is 0 Å². The molecule has 0 aliphatic carbocycles. The van der Waals surface area contributed by atoms with Gasteiger partial charge in [-0.3, -0.25) is 9.59 Å². The van der Waals surface area contributed by atoms with Gasteiger partial charge in [0.05, 0.1) is 12.0 Å². The molecule has 4 nitrogen and oxygen atoms in total. The van der Waals surface area contributed by atoms with Crippen molar-refractivity contribution in [2.75, 3.05) is 26.2 Å². The summed E-state index contributed by atoms with van der Waals surface area (Å²) in [5, 5.41) is 0. The van der Waals surface area contributed by atoms with Gasteiger partial charge in [0.15, 0.2) is 0 Å². The van der Waals surface area contributed by atoms with Gasteiger partial charge in [-0.15, -0.1) is 0 Å². The lowest BCUT2D eigenvalue weighted by Gasteiger charge is -2.37. The average molecular weight is 356 g/mol. The zero-order chi connectivity index (χ0) is 18.8. The van der Waals surface area contributed by atoms with Crippen LogP contribution in [0.1, 0.15) is 31.9 Å². The Bertz CT molecular complexity index is 625. The highest BCUT2D eigenvalue weighted by atomic mass is 19.4.